The first-order valence-corrected chi connectivity index (χ1v) is 12.2. The molecule has 1 saturated carbocycles. The number of aromatic amines is 1. The van der Waals surface area contributed by atoms with E-state index < -0.39 is 0 Å². The summed E-state index contributed by atoms with van der Waals surface area (Å²) in [5, 5.41) is 10.3. The van der Waals surface area contributed by atoms with Gasteiger partial charge in [0, 0.05) is 19.6 Å². The molecular weight excluding hydrogens is 432 g/mol. The van der Waals surface area contributed by atoms with E-state index in [0.717, 1.165) is 67.5 Å². The highest BCUT2D eigenvalue weighted by atomic mass is 16.5. The van der Waals surface area contributed by atoms with Crippen molar-refractivity contribution < 1.29 is 14.3 Å². The summed E-state index contributed by atoms with van der Waals surface area (Å²) in [5.41, 5.74) is 3.14. The number of hydrogen-bond acceptors (Lipinski definition) is 5. The molecule has 3 heterocycles. The smallest absolute Gasteiger partial charge is 0.271 e. The molecule has 2 aromatic heterocycles. The normalized spacial score (nSPS) is 19.1. The van der Waals surface area contributed by atoms with Crippen molar-refractivity contribution in [1.29, 1.82) is 0 Å². The Morgan fingerprint density at radius 3 is 2.76 bits per heavy atom. The molecule has 0 unspecified atom stereocenters. The Morgan fingerprint density at radius 1 is 1.15 bits per heavy atom. The van der Waals surface area contributed by atoms with Gasteiger partial charge in [0.2, 0.25) is 5.91 Å². The lowest BCUT2D eigenvalue weighted by Crippen LogP contribution is -2.40. The van der Waals surface area contributed by atoms with Crippen LogP contribution in [0.1, 0.15) is 73.0 Å². The molecule has 0 radical (unpaired) electrons. The summed E-state index contributed by atoms with van der Waals surface area (Å²) in [6.45, 7) is 0.926. The van der Waals surface area contributed by atoms with Gasteiger partial charge in [0.05, 0.1) is 22.8 Å². The number of aromatic nitrogens is 4. The number of hydrogen-bond donors (Lipinski definition) is 2. The van der Waals surface area contributed by atoms with Gasteiger partial charge in [-0.1, -0.05) is 25.0 Å². The number of carbonyl (C=O) groups is 2. The molecule has 9 heteroatoms. The van der Waals surface area contributed by atoms with Crippen LogP contribution in [0.5, 0.6) is 0 Å². The van der Waals surface area contributed by atoms with Gasteiger partial charge in [-0.2, -0.15) is 5.10 Å². The predicted octanol–water partition coefficient (Wildman–Crippen LogP) is 3.24. The molecule has 9 nitrogen and oxygen atoms in total. The summed E-state index contributed by atoms with van der Waals surface area (Å²) in [6, 6.07) is 9.83. The number of benzene rings is 1. The van der Waals surface area contributed by atoms with Crippen LogP contribution in [-0.4, -0.2) is 55.7 Å². The van der Waals surface area contributed by atoms with Gasteiger partial charge < -0.3 is 19.5 Å². The number of imidazole rings is 1. The molecular formula is C25H32N6O3. The lowest BCUT2D eigenvalue weighted by atomic mass is 9.99. The van der Waals surface area contributed by atoms with Crippen LogP contribution in [0.3, 0.4) is 0 Å². The second-order valence-corrected chi connectivity index (χ2v) is 9.33. The number of amides is 2. The summed E-state index contributed by atoms with van der Waals surface area (Å²) >= 11 is 0. The van der Waals surface area contributed by atoms with Gasteiger partial charge in [-0.15, -0.1) is 0 Å². The van der Waals surface area contributed by atoms with Crippen LogP contribution < -0.4 is 5.32 Å². The highest BCUT2D eigenvalue weighted by molar-refractivity contribution is 5.92. The maximum Gasteiger partial charge on any atom is 0.271 e. The van der Waals surface area contributed by atoms with Crippen LogP contribution in [0, 0.1) is 0 Å². The van der Waals surface area contributed by atoms with Crippen LogP contribution in [-0.2, 0) is 23.2 Å². The zero-order chi connectivity index (χ0) is 23.5. The molecule has 1 saturated heterocycles. The minimum Gasteiger partial charge on any atom is -0.364 e. The van der Waals surface area contributed by atoms with Gasteiger partial charge >= 0.3 is 0 Å². The average molecular weight is 465 g/mol. The predicted molar refractivity (Wildman–Crippen MR) is 127 cm³/mol. The quantitative estimate of drug-likeness (QED) is 0.559. The monoisotopic (exact) mass is 464 g/mol. The molecule has 1 aromatic carbocycles. The largest absolute Gasteiger partial charge is 0.364 e. The highest BCUT2D eigenvalue weighted by Crippen LogP contribution is 2.30. The highest BCUT2D eigenvalue weighted by Gasteiger charge is 2.30. The van der Waals surface area contributed by atoms with Gasteiger partial charge in [-0.05, 0) is 50.3 Å². The number of ether oxygens (including phenoxy) is 1. The standard InChI is InChI=1S/C25H32N6O3/c1-30-21-11-5-4-10-18(21)27-23(30)15-34-16-24(32)31-13-7-6-12-22(31)19-14-20(29-28-19)25(33)26-17-8-2-3-9-17/h4-5,10-11,14,17,22H,2-3,6-9,12-13,15-16H2,1H3,(H,26,33)(H,28,29)/t22-/m1/s1. The molecule has 3 aromatic rings. The maximum atomic E-state index is 13.1. The zero-order valence-corrected chi connectivity index (χ0v) is 19.6. The van der Waals surface area contributed by atoms with Crippen molar-refractivity contribution in [2.24, 2.45) is 7.05 Å². The fourth-order valence-corrected chi connectivity index (χ4v) is 5.14. The first-order chi connectivity index (χ1) is 16.6. The maximum absolute atomic E-state index is 13.1. The van der Waals surface area contributed by atoms with E-state index in [1.54, 1.807) is 6.07 Å². The van der Waals surface area contributed by atoms with Crippen molar-refractivity contribution in [2.45, 2.75) is 63.6 Å². The Hall–Kier alpha value is -3.20. The van der Waals surface area contributed by atoms with E-state index in [9.17, 15) is 9.59 Å². The fraction of sp³-hybridized carbons (Fsp3) is 0.520. The minimum atomic E-state index is -0.145. The number of likely N-dealkylation sites (tertiary alicyclic amines) is 1. The van der Waals surface area contributed by atoms with Crippen LogP contribution in [0.25, 0.3) is 11.0 Å². The second-order valence-electron chi connectivity index (χ2n) is 9.33. The van der Waals surface area contributed by atoms with Gasteiger partial charge in [-0.25, -0.2) is 4.98 Å². The zero-order valence-electron chi connectivity index (χ0n) is 19.6. The second kappa shape index (κ2) is 9.97. The lowest BCUT2D eigenvalue weighted by Gasteiger charge is -2.35. The van der Waals surface area contributed by atoms with Crippen LogP contribution in [0.2, 0.25) is 0 Å². The van der Waals surface area contributed by atoms with Crippen molar-refractivity contribution in [3.05, 3.63) is 47.5 Å². The van der Waals surface area contributed by atoms with Gasteiger partial charge in [0.1, 0.15) is 24.7 Å². The van der Waals surface area contributed by atoms with Gasteiger partial charge in [-0.3, -0.25) is 14.7 Å². The molecule has 2 aliphatic rings. The summed E-state index contributed by atoms with van der Waals surface area (Å²) in [6.07, 6.45) is 7.20. The van der Waals surface area contributed by atoms with E-state index in [4.69, 9.17) is 4.74 Å². The van der Waals surface area contributed by atoms with Crippen molar-refractivity contribution in [1.82, 2.24) is 30.0 Å². The van der Waals surface area contributed by atoms with E-state index in [-0.39, 0.29) is 37.1 Å². The van der Waals surface area contributed by atoms with Gasteiger partial charge in [0.15, 0.2) is 0 Å². The van der Waals surface area contributed by atoms with E-state index in [1.807, 2.05) is 40.8 Å². The van der Waals surface area contributed by atoms with E-state index in [2.05, 4.69) is 20.5 Å². The van der Waals surface area contributed by atoms with Crippen molar-refractivity contribution in [3.63, 3.8) is 0 Å². The third kappa shape index (κ3) is 4.70. The number of fused-ring (bicyclic) bond motifs is 1. The summed E-state index contributed by atoms with van der Waals surface area (Å²) in [7, 11) is 1.95. The van der Waals surface area contributed by atoms with Crippen molar-refractivity contribution in [2.75, 3.05) is 13.2 Å². The first kappa shape index (κ1) is 22.6. The molecule has 1 aliphatic carbocycles. The van der Waals surface area contributed by atoms with Crippen LogP contribution >= 0.6 is 0 Å². The summed E-state index contributed by atoms with van der Waals surface area (Å²) in [4.78, 5) is 32.1. The van der Waals surface area contributed by atoms with Crippen LogP contribution in [0.4, 0.5) is 0 Å². The number of H-pyrrole nitrogens is 1. The summed E-state index contributed by atoms with van der Waals surface area (Å²) < 4.78 is 7.77. The number of para-hydroxylation sites is 2. The lowest BCUT2D eigenvalue weighted by molar-refractivity contribution is -0.140. The fourth-order valence-electron chi connectivity index (χ4n) is 5.14. The molecule has 180 valence electrons. The van der Waals surface area contributed by atoms with Crippen molar-refractivity contribution in [3.8, 4) is 0 Å². The number of nitrogens with zero attached hydrogens (tertiary/aromatic N) is 4. The molecule has 0 spiro atoms. The molecule has 2 N–H and O–H groups in total. The number of aryl methyl sites for hydroxylation is 1. The van der Waals surface area contributed by atoms with E-state index in [0.29, 0.717) is 12.2 Å². The number of piperidine rings is 1. The Bertz CT molecular complexity index is 1160. The SMILES string of the molecule is Cn1c(COCC(=O)N2CCCC[C@@H]2c2cc(C(=O)NC3CCCC3)n[nH]2)nc2ccccc21. The Morgan fingerprint density at radius 2 is 1.94 bits per heavy atom. The average Bonchev–Trinajstić information content (AvgIpc) is 3.61. The minimum absolute atomic E-state index is 0.0110. The summed E-state index contributed by atoms with van der Waals surface area (Å²) in [5.74, 6) is 0.583. The molecule has 34 heavy (non-hydrogen) atoms. The first-order valence-electron chi connectivity index (χ1n) is 12.2. The number of rotatable bonds is 7. The van der Waals surface area contributed by atoms with E-state index in [1.165, 1.54) is 0 Å². The van der Waals surface area contributed by atoms with Gasteiger partial charge in [0.25, 0.3) is 5.91 Å². The molecule has 1 aliphatic heterocycles. The van der Waals surface area contributed by atoms with E-state index >= 15 is 0 Å². The Kier molecular flexibility index (Phi) is 6.62. The Balaban J connectivity index is 1.20. The molecule has 1 atom stereocenters. The van der Waals surface area contributed by atoms with Crippen LogP contribution in [0.15, 0.2) is 30.3 Å². The number of nitrogens with one attached hydrogen (secondary N) is 2. The molecule has 5 rings (SSSR count). The topological polar surface area (TPSA) is 105 Å². The molecule has 2 fully saturated rings. The third-order valence-electron chi connectivity index (χ3n) is 7.04. The Labute approximate surface area is 198 Å². The van der Waals surface area contributed by atoms with Crippen molar-refractivity contribution >= 4 is 22.8 Å². The number of carbonyl (C=O) groups excluding carboxylic acids is 2. The molecule has 0 bridgehead atoms. The molecule has 2 amide bonds. The third-order valence-corrected chi connectivity index (χ3v) is 7.04.